The average Bonchev–Trinajstić information content (AvgIpc) is 3.62. The predicted molar refractivity (Wildman–Crippen MR) is 143 cm³/mol. The van der Waals surface area contributed by atoms with Crippen molar-refractivity contribution in [1.82, 2.24) is 9.80 Å². The van der Waals surface area contributed by atoms with Crippen LogP contribution in [0.25, 0.3) is 0 Å². The van der Waals surface area contributed by atoms with Gasteiger partial charge in [-0.1, -0.05) is 12.1 Å². The van der Waals surface area contributed by atoms with Gasteiger partial charge in [0.2, 0.25) is 13.6 Å². The molecule has 0 bridgehead atoms. The third-order valence-electron chi connectivity index (χ3n) is 8.29. The van der Waals surface area contributed by atoms with Gasteiger partial charge in [-0.05, 0) is 79.5 Å². The van der Waals surface area contributed by atoms with Crippen molar-refractivity contribution < 1.29 is 28.4 Å². The lowest BCUT2D eigenvalue weighted by Gasteiger charge is -2.35. The van der Waals surface area contributed by atoms with E-state index >= 15 is 0 Å². The molecular formula is C30H40N2O6. The highest BCUT2D eigenvalue weighted by atomic mass is 16.7. The Balaban J connectivity index is 1.22. The molecule has 0 saturated carbocycles. The van der Waals surface area contributed by atoms with Gasteiger partial charge in [-0.15, -0.1) is 0 Å². The van der Waals surface area contributed by atoms with Crippen molar-refractivity contribution in [3.63, 3.8) is 0 Å². The van der Waals surface area contributed by atoms with Crippen molar-refractivity contribution in [2.75, 3.05) is 79.3 Å². The van der Waals surface area contributed by atoms with E-state index in [0.717, 1.165) is 102 Å². The lowest BCUT2D eigenvalue weighted by atomic mass is 9.79. The molecule has 0 aliphatic carbocycles. The molecule has 6 rings (SSSR count). The first-order valence-electron chi connectivity index (χ1n) is 14.2. The van der Waals surface area contributed by atoms with Crippen molar-refractivity contribution in [1.29, 1.82) is 0 Å². The third kappa shape index (κ3) is 6.54. The van der Waals surface area contributed by atoms with E-state index in [4.69, 9.17) is 28.4 Å². The van der Waals surface area contributed by atoms with Crippen LogP contribution in [0.15, 0.2) is 36.4 Å². The normalized spacial score (nSPS) is 20.9. The van der Waals surface area contributed by atoms with Crippen molar-refractivity contribution in [3.8, 4) is 23.0 Å². The molecule has 4 heterocycles. The summed E-state index contributed by atoms with van der Waals surface area (Å²) in [4.78, 5) is 5.14. The summed E-state index contributed by atoms with van der Waals surface area (Å²) in [7, 11) is 0. The molecule has 2 aromatic rings. The zero-order chi connectivity index (χ0) is 25.6. The minimum absolute atomic E-state index is 0.310. The smallest absolute Gasteiger partial charge is 0.231 e. The minimum atomic E-state index is 0.310. The largest absolute Gasteiger partial charge is 0.454 e. The predicted octanol–water partition coefficient (Wildman–Crippen LogP) is 3.61. The highest BCUT2D eigenvalue weighted by Crippen LogP contribution is 2.37. The maximum Gasteiger partial charge on any atom is 0.231 e. The minimum Gasteiger partial charge on any atom is -0.454 e. The molecule has 4 aliphatic heterocycles. The van der Waals surface area contributed by atoms with Crippen LogP contribution in [-0.2, 0) is 22.3 Å². The highest BCUT2D eigenvalue weighted by molar-refractivity contribution is 5.45. The number of nitrogens with zero attached hydrogens (tertiary/aromatic N) is 2. The standard InChI is InChI=1S/C30H40N2O6/c1(7-31-8-12-33-13-9-31)2-25(16-23-3-5-27-29(18-23)37-21-35-27)26(20-32-10-14-34-15-11-32)17-24-4-6-28-30(19-24)38-22-36-28/h3-6,18-19,25-26H,1-2,7-17,20-22H2/t25-,26+/m1/s1. The first-order chi connectivity index (χ1) is 18.8. The van der Waals surface area contributed by atoms with Gasteiger partial charge in [0.15, 0.2) is 23.0 Å². The summed E-state index contributed by atoms with van der Waals surface area (Å²) in [6.07, 6.45) is 4.42. The molecule has 0 unspecified atom stereocenters. The maximum absolute atomic E-state index is 5.71. The fraction of sp³-hybridized carbons (Fsp3) is 0.600. The Labute approximate surface area is 225 Å². The van der Waals surface area contributed by atoms with Gasteiger partial charge in [0.05, 0.1) is 26.4 Å². The second-order valence-electron chi connectivity index (χ2n) is 10.8. The van der Waals surface area contributed by atoms with E-state index in [1.54, 1.807) is 0 Å². The molecule has 38 heavy (non-hydrogen) atoms. The lowest BCUT2D eigenvalue weighted by molar-refractivity contribution is 0.0237. The number of rotatable bonds is 11. The van der Waals surface area contributed by atoms with Crippen molar-refractivity contribution in [3.05, 3.63) is 47.5 Å². The monoisotopic (exact) mass is 524 g/mol. The zero-order valence-electron chi connectivity index (χ0n) is 22.3. The molecule has 0 aromatic heterocycles. The van der Waals surface area contributed by atoms with Crippen LogP contribution in [0.4, 0.5) is 0 Å². The Hall–Kier alpha value is -2.52. The molecule has 8 heteroatoms. The van der Waals surface area contributed by atoms with E-state index in [2.05, 4.69) is 46.2 Å². The summed E-state index contributed by atoms with van der Waals surface area (Å²) in [6.45, 7) is 10.3. The summed E-state index contributed by atoms with van der Waals surface area (Å²) in [5, 5.41) is 0. The fourth-order valence-corrected chi connectivity index (χ4v) is 6.14. The van der Waals surface area contributed by atoms with E-state index < -0.39 is 0 Å². The number of hydrogen-bond donors (Lipinski definition) is 0. The van der Waals surface area contributed by atoms with E-state index in [1.165, 1.54) is 24.0 Å². The van der Waals surface area contributed by atoms with Crippen LogP contribution in [0.3, 0.4) is 0 Å². The number of ether oxygens (including phenoxy) is 6. The second kappa shape index (κ2) is 12.6. The van der Waals surface area contributed by atoms with Gasteiger partial charge in [0.1, 0.15) is 0 Å². The third-order valence-corrected chi connectivity index (χ3v) is 8.29. The number of morpholine rings is 2. The van der Waals surface area contributed by atoms with Gasteiger partial charge in [-0.25, -0.2) is 0 Å². The van der Waals surface area contributed by atoms with Gasteiger partial charge in [0, 0.05) is 32.7 Å². The van der Waals surface area contributed by atoms with Crippen molar-refractivity contribution in [2.24, 2.45) is 11.8 Å². The molecule has 2 atom stereocenters. The Kier molecular flexibility index (Phi) is 8.51. The molecule has 4 aliphatic rings. The molecule has 0 radical (unpaired) electrons. The highest BCUT2D eigenvalue weighted by Gasteiger charge is 2.27. The summed E-state index contributed by atoms with van der Waals surface area (Å²) >= 11 is 0. The molecule has 0 N–H and O–H groups in total. The van der Waals surface area contributed by atoms with Gasteiger partial charge < -0.3 is 28.4 Å². The quantitative estimate of drug-likeness (QED) is 0.442. The van der Waals surface area contributed by atoms with Crippen LogP contribution in [0.2, 0.25) is 0 Å². The fourth-order valence-electron chi connectivity index (χ4n) is 6.14. The average molecular weight is 525 g/mol. The molecule has 2 saturated heterocycles. The van der Waals surface area contributed by atoms with E-state index in [-0.39, 0.29) is 0 Å². The number of fused-ring (bicyclic) bond motifs is 2. The van der Waals surface area contributed by atoms with Gasteiger partial charge in [0.25, 0.3) is 0 Å². The summed E-state index contributed by atoms with van der Waals surface area (Å²) in [5.41, 5.74) is 2.64. The molecule has 2 aromatic carbocycles. The van der Waals surface area contributed by atoms with Gasteiger partial charge in [-0.2, -0.15) is 0 Å². The molecule has 2 fully saturated rings. The van der Waals surface area contributed by atoms with Gasteiger partial charge in [-0.3, -0.25) is 9.80 Å². The molecule has 0 spiro atoms. The van der Waals surface area contributed by atoms with E-state index in [9.17, 15) is 0 Å². The lowest BCUT2D eigenvalue weighted by Crippen LogP contribution is -2.42. The molecule has 206 valence electrons. The second-order valence-corrected chi connectivity index (χ2v) is 10.8. The van der Waals surface area contributed by atoms with Crippen LogP contribution in [-0.4, -0.2) is 89.1 Å². The van der Waals surface area contributed by atoms with Gasteiger partial charge >= 0.3 is 0 Å². The van der Waals surface area contributed by atoms with Crippen LogP contribution in [0.1, 0.15) is 24.0 Å². The van der Waals surface area contributed by atoms with Crippen LogP contribution in [0, 0.1) is 11.8 Å². The Bertz CT molecular complexity index is 1050. The maximum atomic E-state index is 5.71. The van der Waals surface area contributed by atoms with Crippen molar-refractivity contribution >= 4 is 0 Å². The Morgan fingerprint density at radius 3 is 1.74 bits per heavy atom. The zero-order valence-corrected chi connectivity index (χ0v) is 22.3. The Morgan fingerprint density at radius 1 is 0.605 bits per heavy atom. The number of benzene rings is 2. The van der Waals surface area contributed by atoms with Crippen LogP contribution >= 0.6 is 0 Å². The molecule has 0 amide bonds. The number of hydrogen-bond acceptors (Lipinski definition) is 8. The van der Waals surface area contributed by atoms with Crippen LogP contribution < -0.4 is 18.9 Å². The van der Waals surface area contributed by atoms with Crippen LogP contribution in [0.5, 0.6) is 23.0 Å². The topological polar surface area (TPSA) is 61.9 Å². The summed E-state index contributed by atoms with van der Waals surface area (Å²) < 4.78 is 33.8. The molecule has 8 nitrogen and oxygen atoms in total. The molecular weight excluding hydrogens is 484 g/mol. The summed E-state index contributed by atoms with van der Waals surface area (Å²) in [6, 6.07) is 12.9. The first kappa shape index (κ1) is 25.7. The SMILES string of the molecule is c1cc2c(cc1C[C@@H](CCCN1CCOCC1)[C@@H](Cc1ccc3c(c1)OCO3)CN1CCOCC1)OCO2. The Morgan fingerprint density at radius 2 is 1.13 bits per heavy atom. The van der Waals surface area contributed by atoms with E-state index in [0.29, 0.717) is 25.4 Å². The van der Waals surface area contributed by atoms with E-state index in [1.807, 2.05) is 0 Å². The summed E-state index contributed by atoms with van der Waals surface area (Å²) in [5.74, 6) is 4.47. The van der Waals surface area contributed by atoms with Crippen molar-refractivity contribution in [2.45, 2.75) is 25.7 Å². The first-order valence-corrected chi connectivity index (χ1v) is 14.2.